The summed E-state index contributed by atoms with van der Waals surface area (Å²) in [6.45, 7) is 4.97. The molecule has 0 saturated carbocycles. The van der Waals surface area contributed by atoms with Gasteiger partial charge in [-0.25, -0.2) is 0 Å². The second-order valence-electron chi connectivity index (χ2n) is 5.08. The van der Waals surface area contributed by atoms with E-state index in [2.05, 4.69) is 10.1 Å². The van der Waals surface area contributed by atoms with Crippen molar-refractivity contribution in [1.29, 1.82) is 0 Å². The number of nitrogens with zero attached hydrogens (tertiary/aromatic N) is 2. The van der Waals surface area contributed by atoms with Gasteiger partial charge in [0.1, 0.15) is 0 Å². The second-order valence-corrected chi connectivity index (χ2v) is 5.08. The number of hydrogen-bond donors (Lipinski definition) is 1. The first-order valence-corrected chi connectivity index (χ1v) is 7.81. The van der Waals surface area contributed by atoms with Gasteiger partial charge in [-0.15, -0.1) is 0 Å². The maximum Gasteiger partial charge on any atom is 0.258 e. The molecular formula is C18H19N3O3. The molecule has 0 saturated heterocycles. The molecule has 0 amide bonds. The lowest BCUT2D eigenvalue weighted by Gasteiger charge is -2.11. The third kappa shape index (κ3) is 3.32. The van der Waals surface area contributed by atoms with Crippen LogP contribution < -0.4 is 15.2 Å². The Morgan fingerprint density at radius 2 is 1.75 bits per heavy atom. The van der Waals surface area contributed by atoms with E-state index >= 15 is 0 Å². The Morgan fingerprint density at radius 1 is 0.958 bits per heavy atom. The minimum atomic E-state index is 0.413. The fraction of sp³-hybridized carbons (Fsp3) is 0.222. The average molecular weight is 325 g/mol. The Kier molecular flexibility index (Phi) is 4.65. The van der Waals surface area contributed by atoms with Crippen LogP contribution in [0.2, 0.25) is 0 Å². The van der Waals surface area contributed by atoms with Crippen LogP contribution in [0.3, 0.4) is 0 Å². The van der Waals surface area contributed by atoms with Gasteiger partial charge in [0, 0.05) is 16.8 Å². The minimum absolute atomic E-state index is 0.413. The number of rotatable bonds is 6. The van der Waals surface area contributed by atoms with Gasteiger partial charge in [0.25, 0.3) is 5.89 Å². The minimum Gasteiger partial charge on any atom is -0.490 e. The molecule has 0 radical (unpaired) electrons. The number of aromatic nitrogens is 2. The number of nitrogen functional groups attached to an aromatic ring is 1. The molecule has 3 aromatic rings. The molecule has 2 N–H and O–H groups in total. The number of hydrogen-bond acceptors (Lipinski definition) is 6. The van der Waals surface area contributed by atoms with Gasteiger partial charge in [-0.2, -0.15) is 4.98 Å². The highest BCUT2D eigenvalue weighted by Gasteiger charge is 2.14. The smallest absolute Gasteiger partial charge is 0.258 e. The van der Waals surface area contributed by atoms with Crippen LogP contribution in [0.5, 0.6) is 11.5 Å². The van der Waals surface area contributed by atoms with Crippen molar-refractivity contribution in [2.45, 2.75) is 13.8 Å². The molecule has 0 aliphatic rings. The molecule has 24 heavy (non-hydrogen) atoms. The van der Waals surface area contributed by atoms with Crippen LogP contribution >= 0.6 is 0 Å². The Hall–Kier alpha value is -3.02. The lowest BCUT2D eigenvalue weighted by atomic mass is 10.2. The summed E-state index contributed by atoms with van der Waals surface area (Å²) in [5.41, 5.74) is 8.02. The average Bonchev–Trinajstić information content (AvgIpc) is 3.07. The highest BCUT2D eigenvalue weighted by atomic mass is 16.5. The summed E-state index contributed by atoms with van der Waals surface area (Å²) in [5.74, 6) is 2.25. The highest BCUT2D eigenvalue weighted by Crippen LogP contribution is 2.33. The van der Waals surface area contributed by atoms with Crippen LogP contribution in [-0.2, 0) is 0 Å². The molecule has 3 rings (SSSR count). The van der Waals surface area contributed by atoms with Crippen LogP contribution in [0.15, 0.2) is 47.0 Å². The van der Waals surface area contributed by atoms with Crippen molar-refractivity contribution in [1.82, 2.24) is 10.1 Å². The first-order chi connectivity index (χ1) is 11.7. The number of ether oxygens (including phenoxy) is 2. The maximum atomic E-state index is 5.80. The molecule has 0 spiro atoms. The molecule has 6 nitrogen and oxygen atoms in total. The van der Waals surface area contributed by atoms with E-state index < -0.39 is 0 Å². The van der Waals surface area contributed by atoms with Gasteiger partial charge < -0.3 is 19.7 Å². The molecule has 0 fully saturated rings. The summed E-state index contributed by atoms with van der Waals surface area (Å²) in [6.07, 6.45) is 0. The van der Waals surface area contributed by atoms with Crippen LogP contribution in [0, 0.1) is 0 Å². The van der Waals surface area contributed by atoms with Crippen molar-refractivity contribution in [3.8, 4) is 34.3 Å². The number of benzene rings is 2. The first kappa shape index (κ1) is 15.9. The lowest BCUT2D eigenvalue weighted by molar-refractivity contribution is 0.288. The Morgan fingerprint density at radius 3 is 2.50 bits per heavy atom. The summed E-state index contributed by atoms with van der Waals surface area (Å²) in [6, 6.07) is 12.9. The van der Waals surface area contributed by atoms with Gasteiger partial charge in [0.05, 0.1) is 13.2 Å². The van der Waals surface area contributed by atoms with E-state index in [-0.39, 0.29) is 0 Å². The lowest BCUT2D eigenvalue weighted by Crippen LogP contribution is -1.98. The summed E-state index contributed by atoms with van der Waals surface area (Å²) >= 11 is 0. The van der Waals surface area contributed by atoms with Gasteiger partial charge in [-0.1, -0.05) is 17.3 Å². The van der Waals surface area contributed by atoms with Crippen molar-refractivity contribution in [2.24, 2.45) is 0 Å². The van der Waals surface area contributed by atoms with E-state index in [0.717, 1.165) is 11.1 Å². The second kappa shape index (κ2) is 7.04. The van der Waals surface area contributed by atoms with Crippen LogP contribution in [-0.4, -0.2) is 23.4 Å². The zero-order chi connectivity index (χ0) is 16.9. The van der Waals surface area contributed by atoms with Crippen molar-refractivity contribution >= 4 is 5.69 Å². The highest BCUT2D eigenvalue weighted by molar-refractivity contribution is 5.65. The third-order valence-corrected chi connectivity index (χ3v) is 3.36. The number of nitrogens with two attached hydrogens (primary N) is 1. The van der Waals surface area contributed by atoms with Gasteiger partial charge >= 0.3 is 0 Å². The van der Waals surface area contributed by atoms with Gasteiger partial charge in [-0.3, -0.25) is 0 Å². The summed E-state index contributed by atoms with van der Waals surface area (Å²) in [4.78, 5) is 4.44. The SMILES string of the molecule is CCOc1ccc(-c2nc(-c3cccc(N)c3)no2)cc1OCC. The van der Waals surface area contributed by atoms with E-state index in [1.54, 1.807) is 6.07 Å². The molecule has 6 heteroatoms. The molecule has 124 valence electrons. The molecule has 0 bridgehead atoms. The van der Waals surface area contributed by atoms with Crippen LogP contribution in [0.1, 0.15) is 13.8 Å². The predicted octanol–water partition coefficient (Wildman–Crippen LogP) is 3.78. The van der Waals surface area contributed by atoms with E-state index in [1.165, 1.54) is 0 Å². The molecule has 1 heterocycles. The van der Waals surface area contributed by atoms with Crippen LogP contribution in [0.25, 0.3) is 22.8 Å². The van der Waals surface area contributed by atoms with Crippen molar-refractivity contribution < 1.29 is 14.0 Å². The van der Waals surface area contributed by atoms with E-state index in [0.29, 0.717) is 42.1 Å². The van der Waals surface area contributed by atoms with Gasteiger partial charge in [-0.05, 0) is 44.2 Å². The van der Waals surface area contributed by atoms with E-state index in [1.807, 2.05) is 50.2 Å². The van der Waals surface area contributed by atoms with E-state index in [9.17, 15) is 0 Å². The Labute approximate surface area is 140 Å². The summed E-state index contributed by atoms with van der Waals surface area (Å²) in [7, 11) is 0. The molecule has 0 aliphatic carbocycles. The largest absolute Gasteiger partial charge is 0.490 e. The van der Waals surface area contributed by atoms with E-state index in [4.69, 9.17) is 19.7 Å². The first-order valence-electron chi connectivity index (χ1n) is 7.81. The summed E-state index contributed by atoms with van der Waals surface area (Å²) in [5, 5.41) is 4.02. The van der Waals surface area contributed by atoms with Gasteiger partial charge in [0.15, 0.2) is 11.5 Å². The van der Waals surface area contributed by atoms with Gasteiger partial charge in [0.2, 0.25) is 5.82 Å². The molecular weight excluding hydrogens is 306 g/mol. The van der Waals surface area contributed by atoms with Crippen molar-refractivity contribution in [3.63, 3.8) is 0 Å². The molecule has 0 aliphatic heterocycles. The molecule has 0 atom stereocenters. The Balaban J connectivity index is 1.93. The summed E-state index contributed by atoms with van der Waals surface area (Å²) < 4.78 is 16.6. The fourth-order valence-electron chi connectivity index (χ4n) is 2.32. The zero-order valence-corrected chi connectivity index (χ0v) is 13.7. The van der Waals surface area contributed by atoms with Crippen LogP contribution in [0.4, 0.5) is 5.69 Å². The normalized spacial score (nSPS) is 10.6. The molecule has 0 unspecified atom stereocenters. The maximum absolute atomic E-state index is 5.80. The number of anilines is 1. The standard InChI is InChI=1S/C18H19N3O3/c1-3-22-15-9-8-13(11-16(15)23-4-2)18-20-17(21-24-18)12-6-5-7-14(19)10-12/h5-11H,3-4,19H2,1-2H3. The molecule has 1 aromatic heterocycles. The zero-order valence-electron chi connectivity index (χ0n) is 13.7. The Bertz CT molecular complexity index is 830. The third-order valence-electron chi connectivity index (χ3n) is 3.36. The predicted molar refractivity (Wildman–Crippen MR) is 91.9 cm³/mol. The van der Waals surface area contributed by atoms with Crippen molar-refractivity contribution in [3.05, 3.63) is 42.5 Å². The monoisotopic (exact) mass is 325 g/mol. The topological polar surface area (TPSA) is 83.4 Å². The molecule has 2 aromatic carbocycles. The van der Waals surface area contributed by atoms with Crippen molar-refractivity contribution in [2.75, 3.05) is 18.9 Å². The quantitative estimate of drug-likeness (QED) is 0.694. The fourth-order valence-corrected chi connectivity index (χ4v) is 2.32.